The van der Waals surface area contributed by atoms with Crippen molar-refractivity contribution in [1.29, 1.82) is 0 Å². The molecule has 0 fully saturated rings. The lowest BCUT2D eigenvalue weighted by molar-refractivity contribution is -0.143. The molecular formula is C12H12ClNO4. The third-order valence-corrected chi connectivity index (χ3v) is 2.21. The first kappa shape index (κ1) is 14.1. The molecule has 1 aromatic rings. The van der Waals surface area contributed by atoms with Crippen LogP contribution in [0.25, 0.3) is 0 Å². The van der Waals surface area contributed by atoms with Crippen LogP contribution in [0, 0.1) is 0 Å². The zero-order valence-corrected chi connectivity index (χ0v) is 10.4. The number of rotatable bonds is 5. The molecule has 0 unspecified atom stereocenters. The lowest BCUT2D eigenvalue weighted by Crippen LogP contribution is -2.16. The van der Waals surface area contributed by atoms with Crippen molar-refractivity contribution in [3.63, 3.8) is 0 Å². The maximum Gasteiger partial charge on any atom is 0.347 e. The minimum absolute atomic E-state index is 0.115. The Labute approximate surface area is 109 Å². The van der Waals surface area contributed by atoms with Crippen molar-refractivity contribution in [2.24, 2.45) is 0 Å². The first-order valence-electron chi connectivity index (χ1n) is 5.17. The smallest absolute Gasteiger partial charge is 0.347 e. The van der Waals surface area contributed by atoms with Gasteiger partial charge in [-0.1, -0.05) is 11.6 Å². The largest absolute Gasteiger partial charge is 0.477 e. The van der Waals surface area contributed by atoms with Crippen LogP contribution in [0.1, 0.15) is 6.92 Å². The number of nitrogens with one attached hydrogen (secondary N) is 1. The molecule has 0 heterocycles. The van der Waals surface area contributed by atoms with E-state index in [1.54, 1.807) is 31.2 Å². The molecule has 0 radical (unpaired) electrons. The minimum Gasteiger partial charge on any atom is -0.477 e. The van der Waals surface area contributed by atoms with Crippen molar-refractivity contribution in [3.05, 3.63) is 41.1 Å². The van der Waals surface area contributed by atoms with Gasteiger partial charge in [0.15, 0.2) is 5.57 Å². The van der Waals surface area contributed by atoms with Gasteiger partial charge in [-0.25, -0.2) is 9.59 Å². The molecule has 1 aromatic carbocycles. The maximum atomic E-state index is 11.3. The van der Waals surface area contributed by atoms with Gasteiger partial charge in [-0.2, -0.15) is 0 Å². The zero-order chi connectivity index (χ0) is 13.5. The highest BCUT2D eigenvalue weighted by atomic mass is 35.5. The highest BCUT2D eigenvalue weighted by Crippen LogP contribution is 2.13. The zero-order valence-electron chi connectivity index (χ0n) is 9.64. The van der Waals surface area contributed by atoms with Crippen LogP contribution in [0.15, 0.2) is 36.0 Å². The second-order valence-corrected chi connectivity index (χ2v) is 3.67. The fourth-order valence-corrected chi connectivity index (χ4v) is 1.24. The summed E-state index contributed by atoms with van der Waals surface area (Å²) in [6.45, 7) is 1.72. The van der Waals surface area contributed by atoms with E-state index in [-0.39, 0.29) is 6.61 Å². The molecule has 0 saturated carbocycles. The summed E-state index contributed by atoms with van der Waals surface area (Å²) < 4.78 is 4.62. The Balaban J connectivity index is 2.80. The Kier molecular flexibility index (Phi) is 5.20. The minimum atomic E-state index is -1.35. The number of aliphatic carboxylic acids is 1. The molecule has 0 amide bonds. The van der Waals surface area contributed by atoms with Gasteiger partial charge in [0.25, 0.3) is 0 Å². The first-order valence-corrected chi connectivity index (χ1v) is 5.55. The molecule has 0 spiro atoms. The van der Waals surface area contributed by atoms with E-state index in [0.29, 0.717) is 10.7 Å². The van der Waals surface area contributed by atoms with Crippen molar-refractivity contribution in [2.75, 3.05) is 11.9 Å². The van der Waals surface area contributed by atoms with Gasteiger partial charge < -0.3 is 15.2 Å². The van der Waals surface area contributed by atoms with E-state index < -0.39 is 17.5 Å². The third-order valence-electron chi connectivity index (χ3n) is 1.95. The summed E-state index contributed by atoms with van der Waals surface area (Å²) >= 11 is 5.71. The molecule has 0 aromatic heterocycles. The number of anilines is 1. The lowest BCUT2D eigenvalue weighted by atomic mass is 10.3. The summed E-state index contributed by atoms with van der Waals surface area (Å²) in [5, 5.41) is 12.1. The van der Waals surface area contributed by atoms with Crippen LogP contribution in [-0.2, 0) is 14.3 Å². The number of benzene rings is 1. The monoisotopic (exact) mass is 269 g/mol. The van der Waals surface area contributed by atoms with E-state index in [1.807, 2.05) is 0 Å². The number of halogens is 1. The van der Waals surface area contributed by atoms with E-state index in [4.69, 9.17) is 16.7 Å². The fourth-order valence-electron chi connectivity index (χ4n) is 1.12. The molecule has 96 valence electrons. The predicted octanol–water partition coefficient (Wildman–Crippen LogP) is 2.28. The number of hydrogen-bond acceptors (Lipinski definition) is 4. The summed E-state index contributed by atoms with van der Waals surface area (Å²) in [5.74, 6) is -2.23. The number of carboxylic acid groups (broad SMARTS) is 1. The van der Waals surface area contributed by atoms with Gasteiger partial charge in [-0.15, -0.1) is 0 Å². The van der Waals surface area contributed by atoms with Gasteiger partial charge in [-0.3, -0.25) is 0 Å². The molecule has 5 nitrogen and oxygen atoms in total. The van der Waals surface area contributed by atoms with Crippen LogP contribution in [0.4, 0.5) is 5.69 Å². The summed E-state index contributed by atoms with van der Waals surface area (Å²) in [4.78, 5) is 22.2. The fraction of sp³-hybridized carbons (Fsp3) is 0.167. The highest BCUT2D eigenvalue weighted by Gasteiger charge is 2.18. The quantitative estimate of drug-likeness (QED) is 0.371. The number of esters is 1. The van der Waals surface area contributed by atoms with Gasteiger partial charge >= 0.3 is 11.9 Å². The van der Waals surface area contributed by atoms with Crippen LogP contribution >= 0.6 is 11.6 Å². The van der Waals surface area contributed by atoms with E-state index in [9.17, 15) is 9.59 Å². The first-order chi connectivity index (χ1) is 8.54. The van der Waals surface area contributed by atoms with Crippen LogP contribution in [-0.4, -0.2) is 23.7 Å². The van der Waals surface area contributed by atoms with Crippen molar-refractivity contribution in [3.8, 4) is 0 Å². The molecule has 0 aliphatic heterocycles. The van der Waals surface area contributed by atoms with Crippen LogP contribution < -0.4 is 5.32 Å². The SMILES string of the molecule is CCOC(=O)C(=CNc1ccc(Cl)cc1)C(=O)O. The van der Waals surface area contributed by atoms with Crippen LogP contribution in [0.5, 0.6) is 0 Å². The molecule has 1 rings (SSSR count). The Hall–Kier alpha value is -2.01. The van der Waals surface area contributed by atoms with Gasteiger partial charge in [0, 0.05) is 16.9 Å². The van der Waals surface area contributed by atoms with Crippen LogP contribution in [0.2, 0.25) is 5.02 Å². The third kappa shape index (κ3) is 4.10. The van der Waals surface area contributed by atoms with E-state index >= 15 is 0 Å². The Morgan fingerprint density at radius 2 is 2.00 bits per heavy atom. The Bertz CT molecular complexity index is 467. The van der Waals surface area contributed by atoms with E-state index in [1.165, 1.54) is 0 Å². The summed E-state index contributed by atoms with van der Waals surface area (Å²) in [5.41, 5.74) is 0.147. The van der Waals surface area contributed by atoms with Gasteiger partial charge in [0.1, 0.15) is 0 Å². The average molecular weight is 270 g/mol. The van der Waals surface area contributed by atoms with Crippen LogP contribution in [0.3, 0.4) is 0 Å². The molecule has 0 saturated heterocycles. The number of carboxylic acids is 1. The van der Waals surface area contributed by atoms with Gasteiger partial charge in [0.2, 0.25) is 0 Å². The summed E-state index contributed by atoms with van der Waals surface area (Å²) in [6.07, 6.45) is 1.09. The van der Waals surface area contributed by atoms with Gasteiger partial charge in [0.05, 0.1) is 6.61 Å². The average Bonchev–Trinajstić information content (AvgIpc) is 2.31. The van der Waals surface area contributed by atoms with E-state index in [0.717, 1.165) is 6.20 Å². The number of carbonyl (C=O) groups excluding carboxylic acids is 1. The number of carbonyl (C=O) groups is 2. The predicted molar refractivity (Wildman–Crippen MR) is 67.4 cm³/mol. The molecule has 6 heteroatoms. The highest BCUT2D eigenvalue weighted by molar-refractivity contribution is 6.30. The van der Waals surface area contributed by atoms with Crippen molar-refractivity contribution in [1.82, 2.24) is 0 Å². The molecule has 0 aliphatic rings. The topological polar surface area (TPSA) is 75.6 Å². The lowest BCUT2D eigenvalue weighted by Gasteiger charge is -2.04. The maximum absolute atomic E-state index is 11.3. The number of ether oxygens (including phenoxy) is 1. The summed E-state index contributed by atoms with van der Waals surface area (Å²) in [6, 6.07) is 6.60. The molecule has 0 bridgehead atoms. The van der Waals surface area contributed by atoms with Crippen molar-refractivity contribution >= 4 is 29.2 Å². The molecular weight excluding hydrogens is 258 g/mol. The van der Waals surface area contributed by atoms with E-state index in [2.05, 4.69) is 10.1 Å². The Morgan fingerprint density at radius 1 is 1.39 bits per heavy atom. The summed E-state index contributed by atoms with van der Waals surface area (Å²) in [7, 11) is 0. The molecule has 18 heavy (non-hydrogen) atoms. The van der Waals surface area contributed by atoms with Crippen molar-refractivity contribution in [2.45, 2.75) is 6.92 Å². The second kappa shape index (κ2) is 6.66. The number of hydrogen-bond donors (Lipinski definition) is 2. The standard InChI is InChI=1S/C12H12ClNO4/c1-2-18-12(17)10(11(15)16)7-14-9-5-3-8(13)4-6-9/h3-7,14H,2H2,1H3,(H,15,16). The van der Waals surface area contributed by atoms with Crippen molar-refractivity contribution < 1.29 is 19.4 Å². The normalized spacial score (nSPS) is 10.9. The molecule has 2 N–H and O–H groups in total. The van der Waals surface area contributed by atoms with Gasteiger partial charge in [-0.05, 0) is 31.2 Å². The second-order valence-electron chi connectivity index (χ2n) is 3.23. The Morgan fingerprint density at radius 3 is 2.50 bits per heavy atom. The molecule has 0 aliphatic carbocycles. The molecule has 0 atom stereocenters.